The van der Waals surface area contributed by atoms with E-state index < -0.39 is 6.10 Å². The van der Waals surface area contributed by atoms with Crippen LogP contribution in [0.25, 0.3) is 10.9 Å². The van der Waals surface area contributed by atoms with Crippen LogP contribution in [0.15, 0.2) is 24.3 Å². The number of aromatic nitrogens is 2. The highest BCUT2D eigenvalue weighted by Gasteiger charge is 2.24. The summed E-state index contributed by atoms with van der Waals surface area (Å²) in [7, 11) is 0. The maximum Gasteiger partial charge on any atom is 0.186 e. The van der Waals surface area contributed by atoms with Crippen LogP contribution in [0.1, 0.15) is 62.9 Å². The Morgan fingerprint density at radius 1 is 1.16 bits per heavy atom. The van der Waals surface area contributed by atoms with E-state index >= 15 is 0 Å². The van der Waals surface area contributed by atoms with Crippen LogP contribution in [0.2, 0.25) is 0 Å². The molecular formula is C20H30N2O3. The molecule has 25 heavy (non-hydrogen) atoms. The van der Waals surface area contributed by atoms with Crippen molar-refractivity contribution in [1.82, 2.24) is 9.78 Å². The van der Waals surface area contributed by atoms with Crippen LogP contribution in [0.3, 0.4) is 0 Å². The van der Waals surface area contributed by atoms with Crippen molar-refractivity contribution in [3.63, 3.8) is 0 Å². The maximum absolute atomic E-state index is 13.1. The zero-order valence-corrected chi connectivity index (χ0v) is 15.3. The van der Waals surface area contributed by atoms with Gasteiger partial charge in [0, 0.05) is 11.3 Å². The van der Waals surface area contributed by atoms with Gasteiger partial charge in [0.2, 0.25) is 0 Å². The number of aliphatic hydroxyl groups excluding tert-OH is 2. The summed E-state index contributed by atoms with van der Waals surface area (Å²) in [6.45, 7) is 4.12. The predicted molar refractivity (Wildman–Crippen MR) is 99.7 cm³/mol. The molecule has 5 nitrogen and oxygen atoms in total. The maximum atomic E-state index is 13.1. The van der Waals surface area contributed by atoms with Crippen LogP contribution in [-0.4, -0.2) is 38.5 Å². The summed E-state index contributed by atoms with van der Waals surface area (Å²) >= 11 is 0. The minimum absolute atomic E-state index is 0.00562. The summed E-state index contributed by atoms with van der Waals surface area (Å²) in [4.78, 5) is 13.1. The van der Waals surface area contributed by atoms with Crippen LogP contribution in [-0.2, 0) is 6.54 Å². The van der Waals surface area contributed by atoms with E-state index in [1.165, 1.54) is 0 Å². The monoisotopic (exact) mass is 346 g/mol. The smallest absolute Gasteiger partial charge is 0.186 e. The van der Waals surface area contributed by atoms with Crippen molar-refractivity contribution < 1.29 is 15.0 Å². The Labute approximate surface area is 149 Å². The van der Waals surface area contributed by atoms with Gasteiger partial charge in [-0.3, -0.25) is 9.48 Å². The number of fused-ring (bicyclic) bond motifs is 1. The number of unbranched alkanes of at least 4 members (excludes halogenated alkanes) is 2. The highest BCUT2D eigenvalue weighted by atomic mass is 16.3. The summed E-state index contributed by atoms with van der Waals surface area (Å²) < 4.78 is 1.64. The van der Waals surface area contributed by atoms with Crippen molar-refractivity contribution in [3.8, 4) is 0 Å². The summed E-state index contributed by atoms with van der Waals surface area (Å²) in [6, 6.07) is 7.60. The molecule has 0 saturated carbocycles. The number of carbonyl (C=O) groups is 1. The standard InChI is InChI=1S/C20H30N2O3/c1-3-5-6-10-15(9-4-2)20(25)19-17-11-7-8-12-18(17)22(21-19)13-16(24)14-23/h7-8,11-12,15-16,23-24H,3-6,9-10,13-14H2,1-2H3. The molecule has 1 aromatic carbocycles. The SMILES string of the molecule is CCCCCC(CCC)C(=O)c1nn(CC(O)CO)c2ccccc12. The van der Waals surface area contributed by atoms with Crippen molar-refractivity contribution in [1.29, 1.82) is 0 Å². The van der Waals surface area contributed by atoms with Gasteiger partial charge in [-0.15, -0.1) is 0 Å². The molecule has 0 radical (unpaired) electrons. The third kappa shape index (κ3) is 4.89. The number of carbonyl (C=O) groups excluding carboxylic acids is 1. The van der Waals surface area contributed by atoms with Gasteiger partial charge in [-0.25, -0.2) is 0 Å². The van der Waals surface area contributed by atoms with Crippen molar-refractivity contribution >= 4 is 16.7 Å². The lowest BCUT2D eigenvalue weighted by Gasteiger charge is -2.13. The molecule has 0 aliphatic rings. The number of aliphatic hydroxyl groups is 2. The molecule has 2 unspecified atom stereocenters. The number of hydrogen-bond donors (Lipinski definition) is 2. The van der Waals surface area contributed by atoms with Gasteiger partial charge in [-0.05, 0) is 18.9 Å². The summed E-state index contributed by atoms with van der Waals surface area (Å²) in [5.74, 6) is 0.109. The van der Waals surface area contributed by atoms with E-state index in [1.807, 2.05) is 24.3 Å². The fraction of sp³-hybridized carbons (Fsp3) is 0.600. The number of nitrogens with zero attached hydrogens (tertiary/aromatic N) is 2. The quantitative estimate of drug-likeness (QED) is 0.482. The molecule has 138 valence electrons. The molecule has 0 saturated heterocycles. The molecule has 0 amide bonds. The first-order valence-electron chi connectivity index (χ1n) is 9.41. The van der Waals surface area contributed by atoms with Gasteiger partial charge in [-0.2, -0.15) is 5.10 Å². The highest BCUT2D eigenvalue weighted by molar-refractivity contribution is 6.07. The summed E-state index contributed by atoms with van der Waals surface area (Å²) in [5.41, 5.74) is 1.32. The van der Waals surface area contributed by atoms with Crippen molar-refractivity contribution in [2.45, 2.75) is 65.0 Å². The van der Waals surface area contributed by atoms with Gasteiger partial charge in [0.15, 0.2) is 5.78 Å². The van der Waals surface area contributed by atoms with Gasteiger partial charge >= 0.3 is 0 Å². The van der Waals surface area contributed by atoms with Gasteiger partial charge in [0.1, 0.15) is 5.69 Å². The summed E-state index contributed by atoms with van der Waals surface area (Å²) in [5, 5.41) is 24.2. The van der Waals surface area contributed by atoms with Crippen LogP contribution in [0, 0.1) is 5.92 Å². The Kier molecular flexibility index (Phi) is 7.59. The Morgan fingerprint density at radius 2 is 1.92 bits per heavy atom. The zero-order valence-electron chi connectivity index (χ0n) is 15.3. The minimum Gasteiger partial charge on any atom is -0.394 e. The third-order valence-electron chi connectivity index (χ3n) is 4.65. The molecule has 2 atom stereocenters. The molecular weight excluding hydrogens is 316 g/mol. The fourth-order valence-electron chi connectivity index (χ4n) is 3.30. The zero-order chi connectivity index (χ0) is 18.2. The Morgan fingerprint density at radius 3 is 2.60 bits per heavy atom. The van der Waals surface area contributed by atoms with E-state index in [2.05, 4.69) is 18.9 Å². The number of benzene rings is 1. The largest absolute Gasteiger partial charge is 0.394 e. The van der Waals surface area contributed by atoms with Crippen molar-refractivity contribution in [3.05, 3.63) is 30.0 Å². The predicted octanol–water partition coefficient (Wildman–Crippen LogP) is 3.57. The highest BCUT2D eigenvalue weighted by Crippen LogP contribution is 2.26. The van der Waals surface area contributed by atoms with E-state index in [4.69, 9.17) is 5.11 Å². The molecule has 2 aromatic rings. The Balaban J connectivity index is 2.32. The number of para-hydroxylation sites is 1. The summed E-state index contributed by atoms with van der Waals surface area (Å²) in [6.07, 6.45) is 5.22. The molecule has 0 bridgehead atoms. The molecule has 1 aromatic heterocycles. The van der Waals surface area contributed by atoms with Gasteiger partial charge in [-0.1, -0.05) is 57.7 Å². The van der Waals surface area contributed by atoms with E-state index in [0.717, 1.165) is 49.4 Å². The van der Waals surface area contributed by atoms with Crippen molar-refractivity contribution in [2.75, 3.05) is 6.61 Å². The van der Waals surface area contributed by atoms with Crippen LogP contribution < -0.4 is 0 Å². The minimum atomic E-state index is -0.887. The molecule has 0 aliphatic carbocycles. The Bertz CT molecular complexity index is 681. The van der Waals surface area contributed by atoms with Gasteiger partial charge in [0.05, 0.1) is 24.8 Å². The van der Waals surface area contributed by atoms with Crippen LogP contribution >= 0.6 is 0 Å². The second-order valence-corrected chi connectivity index (χ2v) is 6.73. The first-order chi connectivity index (χ1) is 12.1. The van der Waals surface area contributed by atoms with E-state index in [-0.39, 0.29) is 24.9 Å². The first kappa shape index (κ1) is 19.6. The van der Waals surface area contributed by atoms with E-state index in [0.29, 0.717) is 5.69 Å². The lowest BCUT2D eigenvalue weighted by atomic mass is 9.90. The molecule has 2 rings (SSSR count). The lowest BCUT2D eigenvalue weighted by molar-refractivity contribution is 0.0786. The second kappa shape index (κ2) is 9.68. The molecule has 0 spiro atoms. The lowest BCUT2D eigenvalue weighted by Crippen LogP contribution is -2.21. The topological polar surface area (TPSA) is 75.4 Å². The number of hydrogen-bond acceptors (Lipinski definition) is 4. The fourth-order valence-corrected chi connectivity index (χ4v) is 3.30. The van der Waals surface area contributed by atoms with Crippen molar-refractivity contribution in [2.24, 2.45) is 5.92 Å². The number of Topliss-reactive ketones (excluding diaryl/α,β-unsaturated/α-hetero) is 1. The Hall–Kier alpha value is -1.72. The van der Waals surface area contributed by atoms with E-state index in [1.54, 1.807) is 4.68 Å². The molecule has 1 heterocycles. The number of rotatable bonds is 11. The van der Waals surface area contributed by atoms with Crippen LogP contribution in [0.5, 0.6) is 0 Å². The van der Waals surface area contributed by atoms with Gasteiger partial charge in [0.25, 0.3) is 0 Å². The van der Waals surface area contributed by atoms with Crippen LogP contribution in [0.4, 0.5) is 0 Å². The second-order valence-electron chi connectivity index (χ2n) is 6.73. The molecule has 0 fully saturated rings. The average molecular weight is 346 g/mol. The number of ketones is 1. The molecule has 2 N–H and O–H groups in total. The molecule has 0 aliphatic heterocycles. The third-order valence-corrected chi connectivity index (χ3v) is 4.65. The first-order valence-corrected chi connectivity index (χ1v) is 9.41. The van der Waals surface area contributed by atoms with Gasteiger partial charge < -0.3 is 10.2 Å². The normalized spacial score (nSPS) is 13.9. The van der Waals surface area contributed by atoms with E-state index in [9.17, 15) is 9.90 Å². The molecule has 5 heteroatoms. The average Bonchev–Trinajstić information content (AvgIpc) is 2.99.